The minimum atomic E-state index is -0.543. The molecule has 37 heavy (non-hydrogen) atoms. The third-order valence-corrected chi connectivity index (χ3v) is 6.03. The summed E-state index contributed by atoms with van der Waals surface area (Å²) in [4.78, 5) is 24.3. The standard InChI is InChI=1S/C29H24N4O4/c1-36-28(34)23-12-10-20(11-13-23)18-33-19-25(31-32-33)17-30-29(35)37-27-16-24-8-3-2-6-21(24)14-15-22-7-4-5-9-26(22)27/h2-13,19,27H,16-18H2,1H3,(H,30,35). The molecular weight excluding hydrogens is 468 g/mol. The number of ether oxygens (including phenoxy) is 2. The second-order valence-electron chi connectivity index (χ2n) is 8.54. The van der Waals surface area contributed by atoms with E-state index in [1.807, 2.05) is 60.7 Å². The monoisotopic (exact) mass is 492 g/mol. The molecule has 1 aliphatic rings. The SMILES string of the molecule is COC(=O)c1ccc(Cn2cc(CNC(=O)OC3Cc4ccccc4C#Cc4ccccc43)nn2)cc1. The van der Waals surface area contributed by atoms with Crippen molar-refractivity contribution >= 4 is 12.1 Å². The first-order valence-electron chi connectivity index (χ1n) is 11.8. The third-order valence-electron chi connectivity index (χ3n) is 6.03. The number of nitrogens with one attached hydrogen (secondary N) is 1. The maximum absolute atomic E-state index is 12.8. The highest BCUT2D eigenvalue weighted by atomic mass is 16.6. The van der Waals surface area contributed by atoms with Gasteiger partial charge in [-0.2, -0.15) is 0 Å². The summed E-state index contributed by atoms with van der Waals surface area (Å²) in [5.74, 6) is 6.06. The molecule has 1 amide bonds. The van der Waals surface area contributed by atoms with E-state index in [1.54, 1.807) is 23.0 Å². The molecule has 184 valence electrons. The van der Waals surface area contributed by atoms with Crippen LogP contribution in [0.5, 0.6) is 0 Å². The fraction of sp³-hybridized carbons (Fsp3) is 0.172. The first kappa shape index (κ1) is 23.8. The molecule has 5 rings (SSSR count). The van der Waals surface area contributed by atoms with Crippen LogP contribution in [0.25, 0.3) is 0 Å². The zero-order chi connectivity index (χ0) is 25.6. The van der Waals surface area contributed by atoms with Crippen molar-refractivity contribution in [3.63, 3.8) is 0 Å². The topological polar surface area (TPSA) is 95.3 Å². The number of aromatic nitrogens is 3. The number of alkyl carbamates (subject to hydrolysis) is 1. The Morgan fingerprint density at radius 2 is 1.73 bits per heavy atom. The Morgan fingerprint density at radius 1 is 1.00 bits per heavy atom. The molecule has 0 fully saturated rings. The average molecular weight is 493 g/mol. The van der Waals surface area contributed by atoms with Crippen molar-refractivity contribution in [3.8, 4) is 11.8 Å². The molecule has 1 aromatic heterocycles. The zero-order valence-electron chi connectivity index (χ0n) is 20.2. The van der Waals surface area contributed by atoms with Gasteiger partial charge < -0.3 is 14.8 Å². The van der Waals surface area contributed by atoms with Gasteiger partial charge >= 0.3 is 12.1 Å². The van der Waals surface area contributed by atoms with Gasteiger partial charge in [-0.1, -0.05) is 65.6 Å². The quantitative estimate of drug-likeness (QED) is 0.323. The first-order valence-corrected chi connectivity index (χ1v) is 11.8. The Morgan fingerprint density at radius 3 is 2.54 bits per heavy atom. The number of amides is 1. The Balaban J connectivity index is 1.21. The van der Waals surface area contributed by atoms with E-state index in [2.05, 4.69) is 27.5 Å². The van der Waals surface area contributed by atoms with Gasteiger partial charge in [0.25, 0.3) is 0 Å². The van der Waals surface area contributed by atoms with Crippen molar-refractivity contribution in [1.29, 1.82) is 0 Å². The number of benzene rings is 3. The molecule has 0 radical (unpaired) electrons. The van der Waals surface area contributed by atoms with Crippen LogP contribution in [0.3, 0.4) is 0 Å². The number of fused-ring (bicyclic) bond motifs is 2. The first-order chi connectivity index (χ1) is 18.1. The fourth-order valence-electron chi connectivity index (χ4n) is 4.14. The molecule has 0 saturated heterocycles. The van der Waals surface area contributed by atoms with Gasteiger partial charge in [-0.05, 0) is 35.4 Å². The van der Waals surface area contributed by atoms with Crippen molar-refractivity contribution in [2.75, 3.05) is 7.11 Å². The van der Waals surface area contributed by atoms with Gasteiger partial charge in [0.15, 0.2) is 0 Å². The predicted molar refractivity (Wildman–Crippen MR) is 136 cm³/mol. The molecule has 4 aromatic rings. The van der Waals surface area contributed by atoms with E-state index in [4.69, 9.17) is 9.47 Å². The van der Waals surface area contributed by atoms with Gasteiger partial charge in [-0.25, -0.2) is 14.3 Å². The maximum Gasteiger partial charge on any atom is 0.408 e. The molecule has 3 aromatic carbocycles. The highest BCUT2D eigenvalue weighted by Crippen LogP contribution is 2.28. The van der Waals surface area contributed by atoms with E-state index in [0.717, 1.165) is 27.8 Å². The molecule has 8 nitrogen and oxygen atoms in total. The lowest BCUT2D eigenvalue weighted by Crippen LogP contribution is -2.27. The van der Waals surface area contributed by atoms with Crippen molar-refractivity contribution in [3.05, 3.63) is 118 Å². The molecule has 1 aliphatic carbocycles. The summed E-state index contributed by atoms with van der Waals surface area (Å²) in [5, 5.41) is 11.0. The molecule has 0 aliphatic heterocycles. The average Bonchev–Trinajstić information content (AvgIpc) is 3.37. The minimum Gasteiger partial charge on any atom is -0.465 e. The predicted octanol–water partition coefficient (Wildman–Crippen LogP) is 4.04. The molecule has 1 atom stereocenters. The Bertz CT molecular complexity index is 1500. The summed E-state index contributed by atoms with van der Waals surface area (Å²) in [6.07, 6.45) is 1.26. The fourth-order valence-corrected chi connectivity index (χ4v) is 4.14. The lowest BCUT2D eigenvalue weighted by molar-refractivity contribution is 0.0600. The van der Waals surface area contributed by atoms with Crippen molar-refractivity contribution < 1.29 is 19.1 Å². The Kier molecular flexibility index (Phi) is 6.95. The second-order valence-corrected chi connectivity index (χ2v) is 8.54. The number of hydrogen-bond acceptors (Lipinski definition) is 6. The molecule has 1 unspecified atom stereocenters. The van der Waals surface area contributed by atoms with Crippen molar-refractivity contribution in [2.45, 2.75) is 25.6 Å². The number of methoxy groups -OCH3 is 1. The number of rotatable bonds is 6. The van der Waals surface area contributed by atoms with E-state index in [1.165, 1.54) is 7.11 Å². The highest BCUT2D eigenvalue weighted by Gasteiger charge is 2.22. The summed E-state index contributed by atoms with van der Waals surface area (Å²) < 4.78 is 12.2. The van der Waals surface area contributed by atoms with Crippen molar-refractivity contribution in [1.82, 2.24) is 20.3 Å². The largest absolute Gasteiger partial charge is 0.465 e. The highest BCUT2D eigenvalue weighted by molar-refractivity contribution is 5.89. The molecule has 0 bridgehead atoms. The summed E-state index contributed by atoms with van der Waals surface area (Å²) >= 11 is 0. The van der Waals surface area contributed by atoms with Gasteiger partial charge in [-0.3, -0.25) is 0 Å². The molecule has 0 saturated carbocycles. The Hall–Kier alpha value is -4.90. The van der Waals surface area contributed by atoms with Gasteiger partial charge in [0, 0.05) is 23.1 Å². The zero-order valence-corrected chi connectivity index (χ0v) is 20.2. The van der Waals surface area contributed by atoms with Crippen LogP contribution >= 0.6 is 0 Å². The van der Waals surface area contributed by atoms with Crippen LogP contribution in [0.4, 0.5) is 4.79 Å². The number of carbonyl (C=O) groups is 2. The van der Waals surface area contributed by atoms with E-state index in [-0.39, 0.29) is 12.5 Å². The van der Waals surface area contributed by atoms with E-state index in [0.29, 0.717) is 24.2 Å². The Labute approximate surface area is 214 Å². The molecular formula is C29H24N4O4. The van der Waals surface area contributed by atoms with Crippen LogP contribution in [0.15, 0.2) is 79.0 Å². The molecule has 1 N–H and O–H groups in total. The lowest BCUT2D eigenvalue weighted by Gasteiger charge is -2.21. The summed E-state index contributed by atoms with van der Waals surface area (Å²) in [6.45, 7) is 0.642. The summed E-state index contributed by atoms with van der Waals surface area (Å²) in [5.41, 5.74) is 5.71. The lowest BCUT2D eigenvalue weighted by atomic mass is 9.92. The molecule has 1 heterocycles. The van der Waals surface area contributed by atoms with E-state index < -0.39 is 12.2 Å². The normalized spacial score (nSPS) is 13.6. The van der Waals surface area contributed by atoms with Crippen LogP contribution in [-0.4, -0.2) is 34.2 Å². The molecule has 0 spiro atoms. The maximum atomic E-state index is 12.8. The minimum absolute atomic E-state index is 0.171. The van der Waals surface area contributed by atoms with E-state index >= 15 is 0 Å². The van der Waals surface area contributed by atoms with Crippen LogP contribution in [0.2, 0.25) is 0 Å². The van der Waals surface area contributed by atoms with Gasteiger partial charge in [0.1, 0.15) is 11.8 Å². The number of carbonyl (C=O) groups excluding carboxylic acids is 2. The van der Waals surface area contributed by atoms with Crippen LogP contribution < -0.4 is 5.32 Å². The third kappa shape index (κ3) is 5.68. The van der Waals surface area contributed by atoms with Gasteiger partial charge in [0.2, 0.25) is 0 Å². The van der Waals surface area contributed by atoms with Gasteiger partial charge in [0.05, 0.1) is 32.0 Å². The second kappa shape index (κ2) is 10.8. The van der Waals surface area contributed by atoms with E-state index in [9.17, 15) is 9.59 Å². The van der Waals surface area contributed by atoms with Crippen LogP contribution in [0.1, 0.15) is 50.0 Å². The van der Waals surface area contributed by atoms with Gasteiger partial charge in [-0.15, -0.1) is 5.10 Å². The van der Waals surface area contributed by atoms with Crippen LogP contribution in [0, 0.1) is 11.8 Å². The number of hydrogen-bond donors (Lipinski definition) is 1. The summed E-state index contributed by atoms with van der Waals surface area (Å²) in [6, 6.07) is 22.7. The van der Waals surface area contributed by atoms with Crippen LogP contribution in [-0.2, 0) is 29.0 Å². The molecule has 8 heteroatoms. The number of nitrogens with zero attached hydrogens (tertiary/aromatic N) is 3. The van der Waals surface area contributed by atoms with Crippen molar-refractivity contribution in [2.24, 2.45) is 0 Å². The number of esters is 1. The smallest absolute Gasteiger partial charge is 0.408 e. The summed E-state index contributed by atoms with van der Waals surface area (Å²) in [7, 11) is 1.35.